The van der Waals surface area contributed by atoms with Crippen LogP contribution in [0, 0.1) is 0 Å². The van der Waals surface area contributed by atoms with Gasteiger partial charge in [0.25, 0.3) is 5.91 Å². The van der Waals surface area contributed by atoms with Crippen LogP contribution in [0.1, 0.15) is 22.8 Å². The zero-order chi connectivity index (χ0) is 16.7. The first-order valence-electron chi connectivity index (χ1n) is 7.01. The molecule has 0 saturated carbocycles. The fourth-order valence-corrected chi connectivity index (χ4v) is 2.52. The van der Waals surface area contributed by atoms with Gasteiger partial charge in [-0.25, -0.2) is 4.79 Å². The van der Waals surface area contributed by atoms with Crippen LogP contribution in [0.25, 0.3) is 0 Å². The third-order valence-corrected chi connectivity index (χ3v) is 3.62. The van der Waals surface area contributed by atoms with Crippen molar-refractivity contribution in [2.45, 2.75) is 13.5 Å². The molecule has 0 bridgehead atoms. The van der Waals surface area contributed by atoms with Crippen molar-refractivity contribution in [3.05, 3.63) is 46.2 Å². The Morgan fingerprint density at radius 1 is 1.22 bits per heavy atom. The van der Waals surface area contributed by atoms with Crippen molar-refractivity contribution in [1.29, 1.82) is 0 Å². The van der Waals surface area contributed by atoms with E-state index in [1.54, 1.807) is 30.4 Å². The Hall–Kier alpha value is -2.54. The van der Waals surface area contributed by atoms with E-state index in [-0.39, 0.29) is 5.91 Å². The molecule has 1 aromatic carbocycles. The molecular weight excluding hydrogens is 318 g/mol. The third kappa shape index (κ3) is 5.00. The molecular formula is C16H17NO5S. The molecule has 1 amide bonds. The number of nitrogens with one attached hydrogen (secondary N) is 1. The highest BCUT2D eigenvalue weighted by molar-refractivity contribution is 7.07. The van der Waals surface area contributed by atoms with Gasteiger partial charge in [-0.15, -0.1) is 0 Å². The number of carboxylic acids is 1. The van der Waals surface area contributed by atoms with Crippen molar-refractivity contribution in [2.24, 2.45) is 0 Å². The molecule has 2 rings (SSSR count). The molecule has 7 heteroatoms. The molecule has 0 radical (unpaired) electrons. The molecule has 23 heavy (non-hydrogen) atoms. The Kier molecular flexibility index (Phi) is 5.99. The smallest absolute Gasteiger partial charge is 0.341 e. The van der Waals surface area contributed by atoms with E-state index in [0.717, 1.165) is 5.56 Å². The summed E-state index contributed by atoms with van der Waals surface area (Å²) < 4.78 is 10.6. The van der Waals surface area contributed by atoms with Gasteiger partial charge in [0, 0.05) is 12.1 Å². The number of aliphatic carboxylic acids is 1. The molecule has 2 aromatic rings. The molecule has 6 nitrogen and oxygen atoms in total. The van der Waals surface area contributed by atoms with Crippen molar-refractivity contribution in [1.82, 2.24) is 5.32 Å². The first kappa shape index (κ1) is 16.8. The number of ether oxygens (including phenoxy) is 2. The minimum absolute atomic E-state index is 0.234. The number of amides is 1. The third-order valence-electron chi connectivity index (χ3n) is 2.89. The van der Waals surface area contributed by atoms with Crippen LogP contribution in [0.5, 0.6) is 11.5 Å². The number of hydrogen-bond acceptors (Lipinski definition) is 5. The molecule has 0 aliphatic rings. The van der Waals surface area contributed by atoms with Crippen LogP contribution in [0.15, 0.2) is 35.0 Å². The predicted molar refractivity (Wildman–Crippen MR) is 86.2 cm³/mol. The zero-order valence-corrected chi connectivity index (χ0v) is 13.4. The van der Waals surface area contributed by atoms with Gasteiger partial charge in [0.1, 0.15) is 0 Å². The lowest BCUT2D eigenvalue weighted by Crippen LogP contribution is -2.22. The fourth-order valence-electron chi connectivity index (χ4n) is 1.85. The second-order valence-electron chi connectivity index (χ2n) is 4.59. The van der Waals surface area contributed by atoms with Gasteiger partial charge in [-0.1, -0.05) is 0 Å². The number of thiophene rings is 1. The van der Waals surface area contributed by atoms with Crippen LogP contribution in [0.2, 0.25) is 0 Å². The maximum atomic E-state index is 12.2. The van der Waals surface area contributed by atoms with E-state index in [2.05, 4.69) is 5.32 Å². The Labute approximate surface area is 137 Å². The minimum atomic E-state index is -1.08. The van der Waals surface area contributed by atoms with Crippen LogP contribution in [0.3, 0.4) is 0 Å². The normalized spacial score (nSPS) is 10.1. The summed E-state index contributed by atoms with van der Waals surface area (Å²) in [5.74, 6) is -0.674. The number of benzene rings is 1. The predicted octanol–water partition coefficient (Wildman–Crippen LogP) is 2.54. The molecule has 1 aromatic heterocycles. The monoisotopic (exact) mass is 335 g/mol. The van der Waals surface area contributed by atoms with Gasteiger partial charge < -0.3 is 19.9 Å². The number of carboxylic acid groups (broad SMARTS) is 1. The summed E-state index contributed by atoms with van der Waals surface area (Å²) >= 11 is 1.57. The van der Waals surface area contributed by atoms with Gasteiger partial charge in [-0.05, 0) is 47.5 Å². The van der Waals surface area contributed by atoms with Crippen LogP contribution < -0.4 is 14.8 Å². The molecule has 1 heterocycles. The van der Waals surface area contributed by atoms with Crippen molar-refractivity contribution in [3.63, 3.8) is 0 Å². The van der Waals surface area contributed by atoms with Gasteiger partial charge in [-0.2, -0.15) is 11.3 Å². The number of hydrogen-bond donors (Lipinski definition) is 2. The van der Waals surface area contributed by atoms with Crippen molar-refractivity contribution in [3.8, 4) is 11.5 Å². The first-order valence-corrected chi connectivity index (χ1v) is 7.95. The molecule has 2 N–H and O–H groups in total. The standard InChI is InChI=1S/C16H17NO5S/c1-2-21-14-7-12(3-4-13(14)22-9-15(18)19)16(20)17-8-11-5-6-23-10-11/h3-7,10H,2,8-9H2,1H3,(H,17,20)(H,18,19). The molecule has 0 aliphatic heterocycles. The van der Waals surface area contributed by atoms with Gasteiger partial charge >= 0.3 is 5.97 Å². The SMILES string of the molecule is CCOc1cc(C(=O)NCc2ccsc2)ccc1OCC(=O)O. The van der Waals surface area contributed by atoms with Crippen LogP contribution >= 0.6 is 11.3 Å². The highest BCUT2D eigenvalue weighted by Crippen LogP contribution is 2.28. The largest absolute Gasteiger partial charge is 0.490 e. The Balaban J connectivity index is 2.07. The van der Waals surface area contributed by atoms with E-state index < -0.39 is 12.6 Å². The summed E-state index contributed by atoms with van der Waals surface area (Å²) in [6.07, 6.45) is 0. The summed E-state index contributed by atoms with van der Waals surface area (Å²) in [6.45, 7) is 2.15. The summed E-state index contributed by atoms with van der Waals surface area (Å²) in [4.78, 5) is 22.8. The number of carbonyl (C=O) groups is 2. The van der Waals surface area contributed by atoms with E-state index in [1.807, 2.05) is 16.8 Å². The molecule has 0 saturated heterocycles. The quantitative estimate of drug-likeness (QED) is 0.774. The lowest BCUT2D eigenvalue weighted by Gasteiger charge is -2.12. The summed E-state index contributed by atoms with van der Waals surface area (Å²) in [5, 5.41) is 15.4. The molecule has 0 atom stereocenters. The van der Waals surface area contributed by atoms with Crippen molar-refractivity contribution < 1.29 is 24.2 Å². The minimum Gasteiger partial charge on any atom is -0.490 e. The molecule has 0 aliphatic carbocycles. The Morgan fingerprint density at radius 2 is 2.04 bits per heavy atom. The van der Waals surface area contributed by atoms with E-state index >= 15 is 0 Å². The summed E-state index contributed by atoms with van der Waals surface area (Å²) in [6, 6.07) is 6.60. The average Bonchev–Trinajstić information content (AvgIpc) is 3.05. The van der Waals surface area contributed by atoms with Crippen LogP contribution in [-0.2, 0) is 11.3 Å². The Morgan fingerprint density at radius 3 is 2.70 bits per heavy atom. The van der Waals surface area contributed by atoms with Gasteiger partial charge in [-0.3, -0.25) is 4.79 Å². The van der Waals surface area contributed by atoms with Gasteiger partial charge in [0.2, 0.25) is 0 Å². The molecule has 122 valence electrons. The van der Waals surface area contributed by atoms with E-state index in [9.17, 15) is 9.59 Å². The van der Waals surface area contributed by atoms with Crippen molar-refractivity contribution >= 4 is 23.2 Å². The van der Waals surface area contributed by atoms with E-state index in [0.29, 0.717) is 30.2 Å². The highest BCUT2D eigenvalue weighted by Gasteiger charge is 2.12. The summed E-state index contributed by atoms with van der Waals surface area (Å²) in [7, 11) is 0. The molecule has 0 fully saturated rings. The van der Waals surface area contributed by atoms with Gasteiger partial charge in [0.15, 0.2) is 18.1 Å². The Bertz CT molecular complexity index is 669. The second kappa shape index (κ2) is 8.19. The number of carbonyl (C=O) groups excluding carboxylic acids is 1. The lowest BCUT2D eigenvalue weighted by molar-refractivity contribution is -0.139. The van der Waals surface area contributed by atoms with Crippen LogP contribution in [-0.4, -0.2) is 30.2 Å². The van der Waals surface area contributed by atoms with E-state index in [4.69, 9.17) is 14.6 Å². The zero-order valence-electron chi connectivity index (χ0n) is 12.6. The lowest BCUT2D eigenvalue weighted by atomic mass is 10.2. The van der Waals surface area contributed by atoms with E-state index in [1.165, 1.54) is 6.07 Å². The molecule has 0 spiro atoms. The van der Waals surface area contributed by atoms with Crippen molar-refractivity contribution in [2.75, 3.05) is 13.2 Å². The second-order valence-corrected chi connectivity index (χ2v) is 5.37. The molecule has 0 unspecified atom stereocenters. The number of rotatable bonds is 8. The average molecular weight is 335 g/mol. The highest BCUT2D eigenvalue weighted by atomic mass is 32.1. The topological polar surface area (TPSA) is 84.9 Å². The fraction of sp³-hybridized carbons (Fsp3) is 0.250. The summed E-state index contributed by atoms with van der Waals surface area (Å²) in [5.41, 5.74) is 1.46. The first-order chi connectivity index (χ1) is 11.1. The maximum Gasteiger partial charge on any atom is 0.341 e. The van der Waals surface area contributed by atoms with Crippen LogP contribution in [0.4, 0.5) is 0 Å². The maximum absolute atomic E-state index is 12.2. The van der Waals surface area contributed by atoms with Gasteiger partial charge in [0.05, 0.1) is 6.61 Å².